The van der Waals surface area contributed by atoms with E-state index < -0.39 is 5.91 Å². The molecule has 4 aromatic rings. The summed E-state index contributed by atoms with van der Waals surface area (Å²) in [7, 11) is 0. The van der Waals surface area contributed by atoms with Crippen LogP contribution in [0.1, 0.15) is 10.4 Å². The Balaban J connectivity index is 1.76. The molecule has 2 heterocycles. The van der Waals surface area contributed by atoms with Crippen LogP contribution in [0.4, 0.5) is 5.69 Å². The standard InChI is InChI=1S/C21H12Cl3N3O2/c22-13-4-1-5-14(23)18(13)21(28)27-16-7-6-15(24)19-17(8-10-26-20(16)19)29-12-3-2-9-25-11-12/h1-11H,(H,27,28). The fraction of sp³-hybridized carbons (Fsp3) is 0. The number of hydrogen-bond acceptors (Lipinski definition) is 4. The molecule has 0 saturated heterocycles. The first-order valence-corrected chi connectivity index (χ1v) is 9.58. The number of aromatic nitrogens is 2. The van der Waals surface area contributed by atoms with E-state index in [4.69, 9.17) is 39.5 Å². The first kappa shape index (κ1) is 19.5. The lowest BCUT2D eigenvalue weighted by Crippen LogP contribution is -2.13. The van der Waals surface area contributed by atoms with Gasteiger partial charge in [0.2, 0.25) is 0 Å². The molecular weight excluding hydrogens is 433 g/mol. The molecule has 5 nitrogen and oxygen atoms in total. The molecule has 1 N–H and O–H groups in total. The summed E-state index contributed by atoms with van der Waals surface area (Å²) in [5.74, 6) is 0.581. The largest absolute Gasteiger partial charge is 0.455 e. The molecule has 0 radical (unpaired) electrons. The second-order valence-electron chi connectivity index (χ2n) is 5.97. The summed E-state index contributed by atoms with van der Waals surface area (Å²) in [4.78, 5) is 21.2. The molecule has 4 rings (SSSR count). The molecule has 0 unspecified atom stereocenters. The zero-order chi connectivity index (χ0) is 20.4. The van der Waals surface area contributed by atoms with Gasteiger partial charge in [0.05, 0.1) is 43.4 Å². The van der Waals surface area contributed by atoms with Gasteiger partial charge in [-0.1, -0.05) is 40.9 Å². The van der Waals surface area contributed by atoms with Gasteiger partial charge < -0.3 is 10.1 Å². The second-order valence-corrected chi connectivity index (χ2v) is 7.19. The number of halogens is 3. The summed E-state index contributed by atoms with van der Waals surface area (Å²) in [6.45, 7) is 0. The van der Waals surface area contributed by atoms with Crippen LogP contribution in [0.15, 0.2) is 67.1 Å². The molecule has 29 heavy (non-hydrogen) atoms. The molecule has 0 spiro atoms. The topological polar surface area (TPSA) is 64.1 Å². The van der Waals surface area contributed by atoms with E-state index in [0.29, 0.717) is 33.1 Å². The summed E-state index contributed by atoms with van der Waals surface area (Å²) >= 11 is 18.7. The molecule has 0 fully saturated rings. The van der Waals surface area contributed by atoms with Crippen LogP contribution >= 0.6 is 34.8 Å². The Bertz CT molecular complexity index is 1200. The normalized spacial score (nSPS) is 10.7. The number of pyridine rings is 2. The van der Waals surface area contributed by atoms with E-state index in [-0.39, 0.29) is 15.6 Å². The fourth-order valence-corrected chi connectivity index (χ4v) is 3.63. The maximum atomic E-state index is 12.8. The van der Waals surface area contributed by atoms with Gasteiger partial charge in [-0.2, -0.15) is 0 Å². The number of nitrogens with one attached hydrogen (secondary N) is 1. The van der Waals surface area contributed by atoms with Crippen molar-refractivity contribution in [2.75, 3.05) is 5.32 Å². The number of nitrogens with zero attached hydrogens (tertiary/aromatic N) is 2. The summed E-state index contributed by atoms with van der Waals surface area (Å²) < 4.78 is 5.91. The van der Waals surface area contributed by atoms with Gasteiger partial charge in [0.1, 0.15) is 11.5 Å². The van der Waals surface area contributed by atoms with Crippen LogP contribution < -0.4 is 10.1 Å². The van der Waals surface area contributed by atoms with Crippen molar-refractivity contribution in [3.63, 3.8) is 0 Å². The summed E-state index contributed by atoms with van der Waals surface area (Å²) in [6, 6.07) is 13.4. The summed E-state index contributed by atoms with van der Waals surface area (Å²) in [5.41, 5.74) is 1.10. The summed E-state index contributed by atoms with van der Waals surface area (Å²) in [5, 5.41) is 4.30. The van der Waals surface area contributed by atoms with Gasteiger partial charge in [-0.05, 0) is 42.5 Å². The third kappa shape index (κ3) is 3.98. The molecule has 0 aliphatic heterocycles. The second kappa shape index (κ2) is 8.25. The average Bonchev–Trinajstić information content (AvgIpc) is 2.71. The third-order valence-corrected chi connectivity index (χ3v) is 5.05. The molecule has 2 aromatic heterocycles. The number of fused-ring (bicyclic) bond motifs is 1. The Morgan fingerprint density at radius 1 is 0.897 bits per heavy atom. The Morgan fingerprint density at radius 2 is 1.69 bits per heavy atom. The number of ether oxygens (including phenoxy) is 1. The van der Waals surface area contributed by atoms with Crippen LogP contribution in [0.3, 0.4) is 0 Å². The predicted octanol–water partition coefficient (Wildman–Crippen LogP) is 6.63. The number of rotatable bonds is 4. The maximum Gasteiger partial charge on any atom is 0.258 e. The van der Waals surface area contributed by atoms with Crippen molar-refractivity contribution in [3.8, 4) is 11.5 Å². The average molecular weight is 445 g/mol. The first-order chi connectivity index (χ1) is 14.0. The quantitative estimate of drug-likeness (QED) is 0.383. The number of hydrogen-bond donors (Lipinski definition) is 1. The number of carbonyl (C=O) groups is 1. The van der Waals surface area contributed by atoms with Crippen LogP contribution in [0, 0.1) is 0 Å². The van der Waals surface area contributed by atoms with Gasteiger partial charge in [0.25, 0.3) is 5.91 Å². The van der Waals surface area contributed by atoms with Crippen molar-refractivity contribution < 1.29 is 9.53 Å². The van der Waals surface area contributed by atoms with Crippen LogP contribution in [0.2, 0.25) is 15.1 Å². The first-order valence-electron chi connectivity index (χ1n) is 8.45. The van der Waals surface area contributed by atoms with Gasteiger partial charge >= 0.3 is 0 Å². The number of anilines is 1. The minimum atomic E-state index is -0.454. The zero-order valence-electron chi connectivity index (χ0n) is 14.7. The van der Waals surface area contributed by atoms with Crippen molar-refractivity contribution in [1.29, 1.82) is 0 Å². The zero-order valence-corrected chi connectivity index (χ0v) is 17.0. The van der Waals surface area contributed by atoms with Gasteiger partial charge in [0.15, 0.2) is 0 Å². The Kier molecular flexibility index (Phi) is 5.53. The minimum absolute atomic E-state index is 0.182. The van der Waals surface area contributed by atoms with Crippen molar-refractivity contribution in [1.82, 2.24) is 9.97 Å². The van der Waals surface area contributed by atoms with Crippen molar-refractivity contribution >= 4 is 57.3 Å². The van der Waals surface area contributed by atoms with E-state index in [1.165, 1.54) is 0 Å². The highest BCUT2D eigenvalue weighted by Crippen LogP contribution is 2.37. The Morgan fingerprint density at radius 3 is 2.41 bits per heavy atom. The van der Waals surface area contributed by atoms with Gasteiger partial charge in [-0.15, -0.1) is 0 Å². The number of amides is 1. The molecule has 1 amide bonds. The van der Waals surface area contributed by atoms with Crippen molar-refractivity contribution in [3.05, 3.63) is 87.8 Å². The number of benzene rings is 2. The molecule has 144 valence electrons. The lowest BCUT2D eigenvalue weighted by Gasteiger charge is -2.13. The van der Waals surface area contributed by atoms with Crippen molar-refractivity contribution in [2.45, 2.75) is 0 Å². The minimum Gasteiger partial charge on any atom is -0.455 e. The highest BCUT2D eigenvalue weighted by molar-refractivity contribution is 6.40. The van der Waals surface area contributed by atoms with Gasteiger partial charge in [0, 0.05) is 12.4 Å². The van der Waals surface area contributed by atoms with Gasteiger partial charge in [-0.25, -0.2) is 0 Å². The third-order valence-electron chi connectivity index (χ3n) is 4.10. The molecular formula is C21H12Cl3N3O2. The maximum absolute atomic E-state index is 12.8. The van der Waals surface area contributed by atoms with E-state index in [9.17, 15) is 4.79 Å². The molecule has 0 saturated carbocycles. The molecule has 2 aromatic carbocycles. The van der Waals surface area contributed by atoms with Crippen LogP contribution in [0.5, 0.6) is 11.5 Å². The van der Waals surface area contributed by atoms with E-state index in [1.807, 2.05) is 0 Å². The highest BCUT2D eigenvalue weighted by atomic mass is 35.5. The highest BCUT2D eigenvalue weighted by Gasteiger charge is 2.18. The van der Waals surface area contributed by atoms with E-state index >= 15 is 0 Å². The van der Waals surface area contributed by atoms with Crippen LogP contribution in [-0.2, 0) is 0 Å². The van der Waals surface area contributed by atoms with E-state index in [2.05, 4.69) is 15.3 Å². The fourth-order valence-electron chi connectivity index (χ4n) is 2.82. The summed E-state index contributed by atoms with van der Waals surface area (Å²) in [6.07, 6.45) is 4.81. The smallest absolute Gasteiger partial charge is 0.258 e. The molecule has 0 bridgehead atoms. The molecule has 0 aliphatic carbocycles. The molecule has 0 aliphatic rings. The van der Waals surface area contributed by atoms with E-state index in [0.717, 1.165) is 0 Å². The lowest BCUT2D eigenvalue weighted by atomic mass is 10.1. The molecule has 8 heteroatoms. The molecule has 0 atom stereocenters. The van der Waals surface area contributed by atoms with Gasteiger partial charge in [-0.3, -0.25) is 14.8 Å². The Labute approximate surface area is 181 Å². The van der Waals surface area contributed by atoms with Crippen LogP contribution in [-0.4, -0.2) is 15.9 Å². The van der Waals surface area contributed by atoms with Crippen LogP contribution in [0.25, 0.3) is 10.9 Å². The number of carbonyl (C=O) groups excluding carboxylic acids is 1. The van der Waals surface area contributed by atoms with Crippen molar-refractivity contribution in [2.24, 2.45) is 0 Å². The van der Waals surface area contributed by atoms with E-state index in [1.54, 1.807) is 67.1 Å². The Hall–Kier alpha value is -2.86. The predicted molar refractivity (Wildman–Crippen MR) is 115 cm³/mol. The lowest BCUT2D eigenvalue weighted by molar-refractivity contribution is 0.102. The monoisotopic (exact) mass is 443 g/mol. The SMILES string of the molecule is O=C(Nc1ccc(Cl)c2c(Oc3cccnc3)ccnc12)c1c(Cl)cccc1Cl.